The van der Waals surface area contributed by atoms with Gasteiger partial charge in [0.05, 0.1) is 0 Å². The molecule has 0 N–H and O–H groups in total. The Morgan fingerprint density at radius 3 is 2.94 bits per heavy atom. The minimum Gasteiger partial charge on any atom is -0.373 e. The Hall–Kier alpha value is -0.830. The van der Waals surface area contributed by atoms with E-state index in [1.165, 1.54) is 45.3 Å². The van der Waals surface area contributed by atoms with Crippen LogP contribution in [0.15, 0.2) is 12.3 Å². The maximum atomic E-state index is 11.6. The maximum absolute atomic E-state index is 11.6. The van der Waals surface area contributed by atoms with E-state index in [-0.39, 0.29) is 0 Å². The lowest BCUT2D eigenvalue weighted by Crippen LogP contribution is -2.62. The smallest absolute Gasteiger partial charge is 0.159 e. The fourth-order valence-corrected chi connectivity index (χ4v) is 4.76. The van der Waals surface area contributed by atoms with Gasteiger partial charge in [0.25, 0.3) is 0 Å². The van der Waals surface area contributed by atoms with Gasteiger partial charge in [-0.15, -0.1) is 0 Å². The van der Waals surface area contributed by atoms with Crippen LogP contribution in [0.2, 0.25) is 0 Å². The molecule has 0 aromatic carbocycles. The fourth-order valence-electron chi connectivity index (χ4n) is 4.76. The van der Waals surface area contributed by atoms with E-state index in [2.05, 4.69) is 16.0 Å². The Balaban J connectivity index is 1.60. The third-order valence-corrected chi connectivity index (χ3v) is 5.56. The van der Waals surface area contributed by atoms with Gasteiger partial charge in [-0.2, -0.15) is 0 Å². The largest absolute Gasteiger partial charge is 0.373 e. The Kier molecular flexibility index (Phi) is 2.51. The molecule has 0 amide bonds. The van der Waals surface area contributed by atoms with E-state index < -0.39 is 0 Å². The second kappa shape index (κ2) is 4.09. The predicted octanol–water partition coefficient (Wildman–Crippen LogP) is 1.65. The summed E-state index contributed by atoms with van der Waals surface area (Å²) in [6.07, 6.45) is 10.2. The van der Waals surface area contributed by atoms with Gasteiger partial charge in [0.1, 0.15) is 0 Å². The van der Waals surface area contributed by atoms with Gasteiger partial charge in [0.15, 0.2) is 5.78 Å². The SMILES string of the molecule is O=C1C=CN2CC3CC(CN4CCCCC34)C2C1. The van der Waals surface area contributed by atoms with Crippen molar-refractivity contribution in [3.8, 4) is 0 Å². The highest BCUT2D eigenvalue weighted by molar-refractivity contribution is 5.90. The summed E-state index contributed by atoms with van der Waals surface area (Å²) in [6.45, 7) is 3.73. The summed E-state index contributed by atoms with van der Waals surface area (Å²) >= 11 is 0. The number of ketones is 1. The molecule has 4 rings (SSSR count). The number of carbonyl (C=O) groups is 1. The standard InChI is InChI=1S/C15H22N2O/c18-13-4-6-17-9-11-7-12(15(17)8-13)10-16-5-2-1-3-14(11)16/h4,6,11-12,14-15H,1-3,5,7-10H2. The molecule has 2 bridgehead atoms. The lowest BCUT2D eigenvalue weighted by atomic mass is 9.71. The van der Waals surface area contributed by atoms with Gasteiger partial charge in [-0.25, -0.2) is 0 Å². The van der Waals surface area contributed by atoms with Crippen molar-refractivity contribution in [1.29, 1.82) is 0 Å². The third kappa shape index (κ3) is 1.63. The average molecular weight is 246 g/mol. The molecule has 0 aliphatic carbocycles. The van der Waals surface area contributed by atoms with Gasteiger partial charge in [-0.05, 0) is 43.7 Å². The third-order valence-electron chi connectivity index (χ3n) is 5.56. The van der Waals surface area contributed by atoms with Crippen LogP contribution >= 0.6 is 0 Å². The van der Waals surface area contributed by atoms with Gasteiger partial charge in [-0.3, -0.25) is 9.69 Å². The second-order valence-corrected chi connectivity index (χ2v) is 6.56. The minimum atomic E-state index is 0.329. The lowest BCUT2D eigenvalue weighted by Gasteiger charge is -2.56. The molecule has 3 heteroatoms. The molecule has 4 heterocycles. The van der Waals surface area contributed by atoms with Crippen molar-refractivity contribution in [3.05, 3.63) is 12.3 Å². The second-order valence-electron chi connectivity index (χ2n) is 6.56. The first-order valence-corrected chi connectivity index (χ1v) is 7.52. The van der Waals surface area contributed by atoms with E-state index in [0.717, 1.165) is 24.3 Å². The molecular weight excluding hydrogens is 224 g/mol. The Bertz CT molecular complexity index is 392. The van der Waals surface area contributed by atoms with E-state index >= 15 is 0 Å². The Morgan fingerprint density at radius 2 is 2.00 bits per heavy atom. The molecule has 4 atom stereocenters. The quantitative estimate of drug-likeness (QED) is 0.649. The highest BCUT2D eigenvalue weighted by Crippen LogP contribution is 2.41. The summed E-state index contributed by atoms with van der Waals surface area (Å²) in [5, 5.41) is 0. The summed E-state index contributed by atoms with van der Waals surface area (Å²) in [7, 11) is 0. The van der Waals surface area contributed by atoms with Crippen LogP contribution in [-0.4, -0.2) is 47.3 Å². The average Bonchev–Trinajstić information content (AvgIpc) is 2.40. The predicted molar refractivity (Wildman–Crippen MR) is 70.1 cm³/mol. The van der Waals surface area contributed by atoms with E-state index in [0.29, 0.717) is 11.8 Å². The van der Waals surface area contributed by atoms with Crippen molar-refractivity contribution in [3.63, 3.8) is 0 Å². The van der Waals surface area contributed by atoms with Crippen molar-refractivity contribution < 1.29 is 4.79 Å². The number of hydrogen-bond acceptors (Lipinski definition) is 3. The van der Waals surface area contributed by atoms with Crippen molar-refractivity contribution in [1.82, 2.24) is 9.80 Å². The van der Waals surface area contributed by atoms with Gasteiger partial charge < -0.3 is 4.90 Å². The van der Waals surface area contributed by atoms with Crippen molar-refractivity contribution >= 4 is 5.78 Å². The fraction of sp³-hybridized carbons (Fsp3) is 0.800. The van der Waals surface area contributed by atoms with Crippen molar-refractivity contribution in [2.75, 3.05) is 19.6 Å². The first-order chi connectivity index (χ1) is 8.81. The van der Waals surface area contributed by atoms with Crippen LogP contribution in [0.25, 0.3) is 0 Å². The zero-order valence-corrected chi connectivity index (χ0v) is 10.9. The molecule has 0 spiro atoms. The number of carbonyl (C=O) groups excluding carboxylic acids is 1. The van der Waals surface area contributed by atoms with E-state index in [1.54, 1.807) is 6.08 Å². The molecule has 0 aromatic heterocycles. The molecule has 0 saturated carbocycles. The molecule has 3 saturated heterocycles. The number of hydrogen-bond donors (Lipinski definition) is 0. The van der Waals surface area contributed by atoms with Crippen LogP contribution in [0.3, 0.4) is 0 Å². The highest BCUT2D eigenvalue weighted by Gasteiger charge is 2.46. The molecular formula is C15H22N2O. The molecule has 98 valence electrons. The first-order valence-electron chi connectivity index (χ1n) is 7.52. The molecule has 3 fully saturated rings. The van der Waals surface area contributed by atoms with Crippen LogP contribution in [0.4, 0.5) is 0 Å². The number of allylic oxidation sites excluding steroid dienone is 1. The zero-order valence-electron chi connectivity index (χ0n) is 10.9. The zero-order chi connectivity index (χ0) is 12.1. The van der Waals surface area contributed by atoms with Crippen LogP contribution < -0.4 is 0 Å². The summed E-state index contributed by atoms with van der Waals surface area (Å²) < 4.78 is 0. The summed E-state index contributed by atoms with van der Waals surface area (Å²) in [5.74, 6) is 1.90. The van der Waals surface area contributed by atoms with Crippen molar-refractivity contribution in [2.45, 2.75) is 44.2 Å². The Labute approximate surface area is 109 Å². The van der Waals surface area contributed by atoms with Gasteiger partial charge in [0, 0.05) is 37.8 Å². The van der Waals surface area contributed by atoms with Crippen LogP contribution in [-0.2, 0) is 4.79 Å². The van der Waals surface area contributed by atoms with Gasteiger partial charge in [-0.1, -0.05) is 6.42 Å². The molecule has 4 unspecified atom stereocenters. The topological polar surface area (TPSA) is 23.6 Å². The Morgan fingerprint density at radius 1 is 1.11 bits per heavy atom. The molecule has 4 aliphatic rings. The highest BCUT2D eigenvalue weighted by atomic mass is 16.1. The van der Waals surface area contributed by atoms with Crippen LogP contribution in [0, 0.1) is 11.8 Å². The summed E-state index contributed by atoms with van der Waals surface area (Å²) in [5.41, 5.74) is 0. The van der Waals surface area contributed by atoms with Gasteiger partial charge in [0.2, 0.25) is 0 Å². The van der Waals surface area contributed by atoms with Crippen molar-refractivity contribution in [2.24, 2.45) is 11.8 Å². The number of piperidine rings is 3. The maximum Gasteiger partial charge on any atom is 0.159 e. The number of fused-ring (bicyclic) bond motifs is 6. The monoisotopic (exact) mass is 246 g/mol. The minimum absolute atomic E-state index is 0.329. The van der Waals surface area contributed by atoms with E-state index in [1.807, 2.05) is 0 Å². The normalized spacial score (nSPS) is 43.6. The van der Waals surface area contributed by atoms with E-state index in [4.69, 9.17) is 0 Å². The number of rotatable bonds is 0. The molecule has 4 aliphatic heterocycles. The van der Waals surface area contributed by atoms with Crippen LogP contribution in [0.1, 0.15) is 32.1 Å². The molecule has 18 heavy (non-hydrogen) atoms. The van der Waals surface area contributed by atoms with E-state index in [9.17, 15) is 4.79 Å². The molecule has 0 radical (unpaired) electrons. The summed E-state index contributed by atoms with van der Waals surface area (Å²) in [6, 6.07) is 1.34. The first kappa shape index (κ1) is 11.0. The van der Waals surface area contributed by atoms with Crippen LogP contribution in [0.5, 0.6) is 0 Å². The lowest BCUT2D eigenvalue weighted by molar-refractivity contribution is -0.119. The molecule has 0 aromatic rings. The summed E-state index contributed by atoms with van der Waals surface area (Å²) in [4.78, 5) is 16.9. The molecule has 3 nitrogen and oxygen atoms in total. The van der Waals surface area contributed by atoms with Gasteiger partial charge >= 0.3 is 0 Å². The number of nitrogens with zero attached hydrogens (tertiary/aromatic N) is 2.